The molecule has 0 spiro atoms. The van der Waals surface area contributed by atoms with Crippen LogP contribution in [0.4, 0.5) is 0 Å². The number of fused-ring (bicyclic) bond motifs is 1. The van der Waals surface area contributed by atoms with Gasteiger partial charge in [-0.1, -0.05) is 24.0 Å². The molecule has 1 aromatic carbocycles. The summed E-state index contributed by atoms with van der Waals surface area (Å²) >= 11 is 1.32. The molecule has 2 N–H and O–H groups in total. The van der Waals surface area contributed by atoms with E-state index in [1.165, 1.54) is 34.2 Å². The summed E-state index contributed by atoms with van der Waals surface area (Å²) in [5.41, 5.74) is 4.51. The molecule has 0 aliphatic carbocycles. The summed E-state index contributed by atoms with van der Waals surface area (Å²) in [6, 6.07) is 10.8. The summed E-state index contributed by atoms with van der Waals surface area (Å²) in [6.45, 7) is 5.49. The second-order valence-electron chi connectivity index (χ2n) is 10.1. The molecule has 3 aliphatic heterocycles. The van der Waals surface area contributed by atoms with Gasteiger partial charge in [0.25, 0.3) is 11.8 Å². The maximum atomic E-state index is 12.9. The number of nitrogens with zero attached hydrogens (tertiary/aromatic N) is 2. The highest BCUT2D eigenvalue weighted by atomic mass is 32.2. The Morgan fingerprint density at radius 2 is 1.95 bits per heavy atom. The Morgan fingerprint density at radius 3 is 2.51 bits per heavy atom. The normalized spacial score (nSPS) is 19.9. The molecule has 2 aromatic rings. The number of rotatable bonds is 7. The van der Waals surface area contributed by atoms with E-state index in [1.807, 2.05) is 18.2 Å². The van der Waals surface area contributed by atoms with E-state index in [-0.39, 0.29) is 18.9 Å². The third kappa shape index (κ3) is 4.92. The highest BCUT2D eigenvalue weighted by molar-refractivity contribution is 7.92. The van der Waals surface area contributed by atoms with Crippen LogP contribution in [0.3, 0.4) is 0 Å². The van der Waals surface area contributed by atoms with E-state index in [0.29, 0.717) is 23.4 Å². The summed E-state index contributed by atoms with van der Waals surface area (Å²) < 4.78 is 27.8. The Bertz CT molecular complexity index is 1380. The molecule has 9 nitrogen and oxygen atoms in total. The van der Waals surface area contributed by atoms with Gasteiger partial charge in [-0.25, -0.2) is 13.9 Å². The van der Waals surface area contributed by atoms with Crippen LogP contribution in [0.5, 0.6) is 0 Å². The van der Waals surface area contributed by atoms with E-state index >= 15 is 0 Å². The second-order valence-corrected chi connectivity index (χ2v) is 13.6. The first-order chi connectivity index (χ1) is 17.6. The van der Waals surface area contributed by atoms with Crippen molar-refractivity contribution in [3.05, 3.63) is 56.8 Å². The van der Waals surface area contributed by atoms with Crippen molar-refractivity contribution in [2.45, 2.75) is 36.6 Å². The van der Waals surface area contributed by atoms with Crippen molar-refractivity contribution in [1.29, 1.82) is 0 Å². The minimum Gasteiger partial charge on any atom is -0.378 e. The van der Waals surface area contributed by atoms with Gasteiger partial charge in [-0.3, -0.25) is 19.7 Å². The van der Waals surface area contributed by atoms with Gasteiger partial charge in [0.1, 0.15) is 0 Å². The number of amides is 2. The fraction of sp³-hybridized carbons (Fsp3) is 0.462. The van der Waals surface area contributed by atoms with Crippen molar-refractivity contribution in [2.24, 2.45) is 0 Å². The first-order valence-electron chi connectivity index (χ1n) is 12.1. The molecule has 0 bridgehead atoms. The fourth-order valence-corrected chi connectivity index (χ4v) is 6.59. The topological polar surface area (TPSA) is 116 Å². The molecule has 1 atom stereocenters. The molecule has 0 saturated carbocycles. The lowest BCUT2D eigenvalue weighted by Crippen LogP contribution is -2.58. The van der Waals surface area contributed by atoms with Gasteiger partial charge in [-0.05, 0) is 42.7 Å². The summed E-state index contributed by atoms with van der Waals surface area (Å²) in [4.78, 5) is 30.3. The molecular weight excluding hydrogens is 514 g/mol. The van der Waals surface area contributed by atoms with Crippen LogP contribution in [-0.2, 0) is 25.9 Å². The Kier molecular flexibility index (Phi) is 6.89. The molecule has 37 heavy (non-hydrogen) atoms. The summed E-state index contributed by atoms with van der Waals surface area (Å²) in [6.07, 6.45) is 0.811. The van der Waals surface area contributed by atoms with Gasteiger partial charge in [0, 0.05) is 43.9 Å². The smallest absolute Gasteiger partial charge is 0.264 e. The first-order valence-corrected chi connectivity index (χ1v) is 14.8. The molecule has 3 aliphatic rings. The number of hydroxylamine groups is 1. The first kappa shape index (κ1) is 25.9. The maximum Gasteiger partial charge on any atom is 0.264 e. The van der Waals surface area contributed by atoms with Crippen LogP contribution in [0.1, 0.15) is 50.5 Å². The van der Waals surface area contributed by atoms with E-state index in [1.54, 1.807) is 0 Å². The van der Waals surface area contributed by atoms with Gasteiger partial charge in [0.05, 0.1) is 29.0 Å². The summed E-state index contributed by atoms with van der Waals surface area (Å²) in [5.74, 6) is 5.67. The lowest BCUT2D eigenvalue weighted by Gasteiger charge is -2.47. The highest BCUT2D eigenvalue weighted by Gasteiger charge is 2.44. The van der Waals surface area contributed by atoms with Crippen molar-refractivity contribution in [3.8, 4) is 11.8 Å². The van der Waals surface area contributed by atoms with E-state index in [9.17, 15) is 18.0 Å². The molecule has 196 valence electrons. The zero-order valence-electron chi connectivity index (χ0n) is 20.7. The van der Waals surface area contributed by atoms with Crippen molar-refractivity contribution >= 4 is 33.0 Å². The predicted molar refractivity (Wildman–Crippen MR) is 138 cm³/mol. The van der Waals surface area contributed by atoms with Crippen molar-refractivity contribution in [3.63, 3.8) is 0 Å². The number of hydrogen-bond acceptors (Lipinski definition) is 8. The van der Waals surface area contributed by atoms with Crippen LogP contribution in [-0.4, -0.2) is 85.1 Å². The molecular formula is C26H29N3O6S2. The number of ether oxygens (including phenoxy) is 1. The highest BCUT2D eigenvalue weighted by Crippen LogP contribution is 2.33. The Hall–Kier alpha value is -2.75. The van der Waals surface area contributed by atoms with Crippen LogP contribution in [0.25, 0.3) is 0 Å². The van der Waals surface area contributed by atoms with Crippen molar-refractivity contribution in [2.75, 3.05) is 39.1 Å². The van der Waals surface area contributed by atoms with E-state index < -0.39 is 20.5 Å². The third-order valence-electron chi connectivity index (χ3n) is 7.67. The molecule has 0 unspecified atom stereocenters. The summed E-state index contributed by atoms with van der Waals surface area (Å²) in [7, 11) is -3.82. The van der Waals surface area contributed by atoms with E-state index in [0.717, 1.165) is 48.6 Å². The van der Waals surface area contributed by atoms with Crippen molar-refractivity contribution < 1.29 is 28.0 Å². The Labute approximate surface area is 220 Å². The Balaban J connectivity index is 1.18. The van der Waals surface area contributed by atoms with Crippen LogP contribution in [0.15, 0.2) is 30.3 Å². The van der Waals surface area contributed by atoms with Crippen LogP contribution >= 0.6 is 11.3 Å². The average molecular weight is 544 g/mol. The van der Waals surface area contributed by atoms with Gasteiger partial charge in [0.15, 0.2) is 14.6 Å². The fourth-order valence-electron chi connectivity index (χ4n) is 4.75. The van der Waals surface area contributed by atoms with Crippen LogP contribution < -0.4 is 5.48 Å². The SMILES string of the molecule is C[C@@](CCN1Cc2cc(C#Cc3ccc(C4CN(C5COC5)C4)cc3)sc2C1=O)(C(=O)NO)S(C)(=O)=O. The number of nitrogens with one attached hydrogen (secondary N) is 1. The molecule has 2 fully saturated rings. The van der Waals surface area contributed by atoms with Crippen LogP contribution in [0, 0.1) is 11.8 Å². The second kappa shape index (κ2) is 9.85. The van der Waals surface area contributed by atoms with Gasteiger partial charge < -0.3 is 9.64 Å². The number of carbonyl (C=O) groups is 2. The van der Waals surface area contributed by atoms with Gasteiger partial charge in [-0.2, -0.15) is 0 Å². The lowest BCUT2D eigenvalue weighted by molar-refractivity contribution is -0.131. The number of carbonyl (C=O) groups excluding carboxylic acids is 2. The standard InChI is InChI=1S/C26H29N3O6S2/c1-26(25(31)27-32,37(2,33)34)9-10-28-12-19-11-22(36-23(19)24(28)30)8-5-17-3-6-18(7-4-17)20-13-29(14-20)21-15-35-16-21/h3-4,6-7,11,20-21,32H,9-10,12-16H2,1-2H3,(H,27,31)/t26-/m1/s1. The lowest BCUT2D eigenvalue weighted by atomic mass is 9.89. The quantitative estimate of drug-likeness (QED) is 0.310. The molecule has 5 rings (SSSR count). The number of sulfone groups is 1. The Morgan fingerprint density at radius 1 is 1.24 bits per heavy atom. The number of thiophene rings is 1. The zero-order chi connectivity index (χ0) is 26.4. The molecule has 2 amide bonds. The third-order valence-corrected chi connectivity index (χ3v) is 10.8. The molecule has 4 heterocycles. The minimum absolute atomic E-state index is 0.0672. The largest absolute Gasteiger partial charge is 0.378 e. The van der Waals surface area contributed by atoms with Crippen molar-refractivity contribution in [1.82, 2.24) is 15.3 Å². The van der Waals surface area contributed by atoms with Gasteiger partial charge >= 0.3 is 0 Å². The number of hydrogen-bond donors (Lipinski definition) is 2. The van der Waals surface area contributed by atoms with Crippen LogP contribution in [0.2, 0.25) is 0 Å². The van der Waals surface area contributed by atoms with E-state index in [2.05, 4.69) is 28.9 Å². The molecule has 2 saturated heterocycles. The maximum absolute atomic E-state index is 12.9. The number of benzene rings is 1. The van der Waals surface area contributed by atoms with E-state index in [4.69, 9.17) is 9.94 Å². The average Bonchev–Trinajstić information content (AvgIpc) is 3.34. The minimum atomic E-state index is -3.82. The number of likely N-dealkylation sites (tertiary alicyclic amines) is 1. The van der Waals surface area contributed by atoms with Gasteiger partial charge in [0.2, 0.25) is 0 Å². The van der Waals surface area contributed by atoms with Gasteiger partial charge in [-0.15, -0.1) is 11.3 Å². The summed E-state index contributed by atoms with van der Waals surface area (Å²) in [5, 5.41) is 8.98. The monoisotopic (exact) mass is 543 g/mol. The molecule has 0 radical (unpaired) electrons. The molecule has 11 heteroatoms. The zero-order valence-corrected chi connectivity index (χ0v) is 22.3. The predicted octanol–water partition coefficient (Wildman–Crippen LogP) is 1.60. The molecule has 1 aromatic heterocycles.